The van der Waals surface area contributed by atoms with Gasteiger partial charge in [-0.1, -0.05) is 0 Å². The number of ether oxygens (including phenoxy) is 3. The lowest BCUT2D eigenvalue weighted by atomic mass is 9.75. The Balaban J connectivity index is 3.87. The summed E-state index contributed by atoms with van der Waals surface area (Å²) in [5.41, 5.74) is 4.59. The van der Waals surface area contributed by atoms with Crippen LogP contribution in [-0.2, 0) is 19.0 Å². The Kier molecular flexibility index (Phi) is 6.67. The van der Waals surface area contributed by atoms with Gasteiger partial charge in [-0.25, -0.2) is 0 Å². The summed E-state index contributed by atoms with van der Waals surface area (Å²) in [5.74, 6) is -0.305. The number of nitrogens with two attached hydrogens (primary N) is 1. The van der Waals surface area contributed by atoms with Crippen molar-refractivity contribution in [2.24, 2.45) is 11.1 Å². The largest absolute Gasteiger partial charge is 0.463 e. The van der Waals surface area contributed by atoms with Crippen molar-refractivity contribution in [2.75, 3.05) is 33.5 Å². The van der Waals surface area contributed by atoms with Crippen LogP contribution in [0.25, 0.3) is 0 Å². The first-order valence-corrected chi connectivity index (χ1v) is 5.76. The number of hydrogen-bond acceptors (Lipinski definition) is 5. The van der Waals surface area contributed by atoms with Crippen molar-refractivity contribution < 1.29 is 19.0 Å². The average Bonchev–Trinajstić information content (AvgIpc) is 2.21. The Bertz CT molecular complexity index is 233. The molecule has 2 N–H and O–H groups in total. The molecule has 0 atom stereocenters. The van der Waals surface area contributed by atoms with Crippen molar-refractivity contribution in [1.29, 1.82) is 0 Å². The lowest BCUT2D eigenvalue weighted by molar-refractivity contribution is -0.159. The highest BCUT2D eigenvalue weighted by Crippen LogP contribution is 2.29. The lowest BCUT2D eigenvalue weighted by Crippen LogP contribution is -2.52. The molecule has 0 saturated heterocycles. The van der Waals surface area contributed by atoms with E-state index in [0.717, 1.165) is 0 Å². The first-order chi connectivity index (χ1) is 7.73. The molecule has 5 nitrogen and oxygen atoms in total. The molecule has 0 aromatic heterocycles. The highest BCUT2D eigenvalue weighted by molar-refractivity contribution is 5.77. The Labute approximate surface area is 104 Å². The zero-order valence-corrected chi connectivity index (χ0v) is 11.5. The van der Waals surface area contributed by atoms with E-state index in [1.54, 1.807) is 21.0 Å². The lowest BCUT2D eigenvalue weighted by Gasteiger charge is -2.35. The number of hydrogen-bond donors (Lipinski definition) is 1. The van der Waals surface area contributed by atoms with Crippen LogP contribution in [0.5, 0.6) is 0 Å². The van der Waals surface area contributed by atoms with Gasteiger partial charge >= 0.3 is 5.97 Å². The summed E-state index contributed by atoms with van der Waals surface area (Å²) in [6, 6.07) is 0. The Morgan fingerprint density at radius 1 is 1.06 bits per heavy atom. The minimum atomic E-state index is -0.723. The molecule has 0 bridgehead atoms. The van der Waals surface area contributed by atoms with Crippen molar-refractivity contribution in [3.8, 4) is 0 Å². The van der Waals surface area contributed by atoms with Crippen molar-refractivity contribution >= 4 is 5.97 Å². The van der Waals surface area contributed by atoms with Crippen LogP contribution < -0.4 is 5.73 Å². The Hall–Kier alpha value is -0.650. The molecule has 0 aromatic rings. The number of rotatable bonds is 8. The van der Waals surface area contributed by atoms with E-state index in [9.17, 15) is 4.79 Å². The first kappa shape index (κ1) is 16.4. The normalized spacial score (nSPS) is 12.6. The summed E-state index contributed by atoms with van der Waals surface area (Å²) in [7, 11) is 1.61. The molecule has 0 rings (SSSR count). The third-order valence-corrected chi connectivity index (χ3v) is 3.01. The molecule has 0 unspecified atom stereocenters. The van der Waals surface area contributed by atoms with Gasteiger partial charge in [-0.15, -0.1) is 0 Å². The van der Waals surface area contributed by atoms with Crippen LogP contribution in [0, 0.1) is 5.41 Å². The van der Waals surface area contributed by atoms with Gasteiger partial charge in [0.25, 0.3) is 0 Å². The zero-order chi connectivity index (χ0) is 13.5. The van der Waals surface area contributed by atoms with E-state index in [4.69, 9.17) is 19.9 Å². The first-order valence-electron chi connectivity index (χ1n) is 5.76. The van der Waals surface area contributed by atoms with Gasteiger partial charge in [-0.3, -0.25) is 4.79 Å². The van der Waals surface area contributed by atoms with Crippen LogP contribution in [-0.4, -0.2) is 45.0 Å². The highest BCUT2D eigenvalue weighted by atomic mass is 16.6. The average molecular weight is 247 g/mol. The van der Waals surface area contributed by atoms with Crippen LogP contribution >= 0.6 is 0 Å². The van der Waals surface area contributed by atoms with Gasteiger partial charge in [0.15, 0.2) is 0 Å². The topological polar surface area (TPSA) is 70.8 Å². The molecular weight excluding hydrogens is 222 g/mol. The summed E-state index contributed by atoms with van der Waals surface area (Å²) in [4.78, 5) is 11.8. The number of methoxy groups -OCH3 is 1. The fraction of sp³-hybridized carbons (Fsp3) is 0.917. The molecule has 0 saturated carbocycles. The van der Waals surface area contributed by atoms with Gasteiger partial charge in [0.05, 0.1) is 25.2 Å². The van der Waals surface area contributed by atoms with Gasteiger partial charge in [-0.2, -0.15) is 0 Å². The highest BCUT2D eigenvalue weighted by Gasteiger charge is 2.41. The SMILES string of the molecule is COCCOCCOC(=O)C(C)(C)C(C)(C)N. The molecule has 0 aliphatic carbocycles. The standard InChI is InChI=1S/C12H25NO4/c1-11(2,12(3,4)13)10(14)17-9-8-16-7-6-15-5/h6-9,13H2,1-5H3. The summed E-state index contributed by atoms with van der Waals surface area (Å²) < 4.78 is 15.1. The molecule has 0 aliphatic heterocycles. The van der Waals surface area contributed by atoms with Crippen molar-refractivity contribution in [3.05, 3.63) is 0 Å². The molecular formula is C12H25NO4. The summed E-state index contributed by atoms with van der Waals surface area (Å²) >= 11 is 0. The zero-order valence-electron chi connectivity index (χ0n) is 11.5. The fourth-order valence-electron chi connectivity index (χ4n) is 0.881. The second-order valence-corrected chi connectivity index (χ2v) is 5.09. The second kappa shape index (κ2) is 6.93. The fourth-order valence-corrected chi connectivity index (χ4v) is 0.881. The van der Waals surface area contributed by atoms with Gasteiger partial charge in [-0.05, 0) is 27.7 Å². The Morgan fingerprint density at radius 2 is 1.59 bits per heavy atom. The molecule has 0 amide bonds. The second-order valence-electron chi connectivity index (χ2n) is 5.09. The molecule has 0 heterocycles. The van der Waals surface area contributed by atoms with Crippen LogP contribution in [0.1, 0.15) is 27.7 Å². The maximum atomic E-state index is 11.8. The maximum absolute atomic E-state index is 11.8. The monoisotopic (exact) mass is 247 g/mol. The molecule has 0 spiro atoms. The molecule has 0 aromatic carbocycles. The molecule has 17 heavy (non-hydrogen) atoms. The van der Waals surface area contributed by atoms with Gasteiger partial charge in [0, 0.05) is 12.6 Å². The van der Waals surface area contributed by atoms with Crippen molar-refractivity contribution in [1.82, 2.24) is 0 Å². The number of esters is 1. The van der Waals surface area contributed by atoms with E-state index < -0.39 is 11.0 Å². The van der Waals surface area contributed by atoms with Gasteiger partial charge < -0.3 is 19.9 Å². The number of carbonyl (C=O) groups is 1. The third kappa shape index (κ3) is 5.48. The van der Waals surface area contributed by atoms with E-state index in [1.165, 1.54) is 0 Å². The van der Waals surface area contributed by atoms with Gasteiger partial charge in [0.2, 0.25) is 0 Å². The van der Waals surface area contributed by atoms with E-state index in [2.05, 4.69) is 0 Å². The predicted octanol–water partition coefficient (Wildman–Crippen LogP) is 0.956. The third-order valence-electron chi connectivity index (χ3n) is 3.01. The Morgan fingerprint density at radius 3 is 2.06 bits per heavy atom. The maximum Gasteiger partial charge on any atom is 0.313 e. The van der Waals surface area contributed by atoms with Crippen molar-refractivity contribution in [3.63, 3.8) is 0 Å². The molecule has 0 fully saturated rings. The van der Waals surface area contributed by atoms with Gasteiger partial charge in [0.1, 0.15) is 6.61 Å². The van der Waals surface area contributed by atoms with E-state index in [0.29, 0.717) is 19.8 Å². The van der Waals surface area contributed by atoms with Crippen molar-refractivity contribution in [2.45, 2.75) is 33.2 Å². The smallest absolute Gasteiger partial charge is 0.313 e. The quantitative estimate of drug-likeness (QED) is 0.511. The summed E-state index contributed by atoms with van der Waals surface area (Å²) in [6.07, 6.45) is 0. The van der Waals surface area contributed by atoms with Crippen LogP contribution in [0.15, 0.2) is 0 Å². The van der Waals surface area contributed by atoms with Crippen LogP contribution in [0.2, 0.25) is 0 Å². The summed E-state index contributed by atoms with van der Waals surface area (Å²) in [6.45, 7) is 8.82. The number of carbonyl (C=O) groups excluding carboxylic acids is 1. The van der Waals surface area contributed by atoms with E-state index >= 15 is 0 Å². The molecule has 0 radical (unpaired) electrons. The molecule has 102 valence electrons. The minimum Gasteiger partial charge on any atom is -0.463 e. The molecule has 0 aliphatic rings. The summed E-state index contributed by atoms with van der Waals surface area (Å²) in [5, 5.41) is 0. The van der Waals surface area contributed by atoms with Crippen LogP contribution in [0.4, 0.5) is 0 Å². The van der Waals surface area contributed by atoms with Crippen LogP contribution in [0.3, 0.4) is 0 Å². The predicted molar refractivity (Wildman–Crippen MR) is 65.7 cm³/mol. The minimum absolute atomic E-state index is 0.238. The van der Waals surface area contributed by atoms with E-state index in [-0.39, 0.29) is 12.6 Å². The van der Waals surface area contributed by atoms with E-state index in [1.807, 2.05) is 13.8 Å². The molecule has 5 heteroatoms.